The molecular formula is C15H21NO4. The maximum atomic E-state index is 12.0. The molecule has 0 spiro atoms. The second-order valence-corrected chi connectivity index (χ2v) is 5.16. The number of ether oxygens (including phenoxy) is 1. The van der Waals surface area contributed by atoms with E-state index in [0.29, 0.717) is 6.42 Å². The standard InChI is InChI=1S/C15H21NO4/c1-15(2,14(18)19)16(3)13(17)10-7-11-5-8-12(20-4)9-6-11/h5-6,8-9H,7,10H2,1-4H3,(H,18,19). The summed E-state index contributed by atoms with van der Waals surface area (Å²) in [5, 5.41) is 9.10. The molecule has 1 rings (SSSR count). The third-order valence-corrected chi connectivity index (χ3v) is 3.52. The van der Waals surface area contributed by atoms with Crippen molar-refractivity contribution in [2.45, 2.75) is 32.2 Å². The van der Waals surface area contributed by atoms with Crippen molar-refractivity contribution < 1.29 is 19.4 Å². The Hall–Kier alpha value is -2.04. The van der Waals surface area contributed by atoms with Crippen LogP contribution in [0.5, 0.6) is 5.75 Å². The molecule has 1 N–H and O–H groups in total. The van der Waals surface area contributed by atoms with Gasteiger partial charge in [-0.05, 0) is 38.0 Å². The quantitative estimate of drug-likeness (QED) is 0.864. The zero-order valence-corrected chi connectivity index (χ0v) is 12.3. The fraction of sp³-hybridized carbons (Fsp3) is 0.467. The number of hydrogen-bond acceptors (Lipinski definition) is 3. The highest BCUT2D eigenvalue weighted by Crippen LogP contribution is 2.16. The van der Waals surface area contributed by atoms with Gasteiger partial charge in [0, 0.05) is 13.5 Å². The van der Waals surface area contributed by atoms with Crippen molar-refractivity contribution >= 4 is 11.9 Å². The van der Waals surface area contributed by atoms with Gasteiger partial charge in [0.15, 0.2) is 0 Å². The third kappa shape index (κ3) is 3.73. The van der Waals surface area contributed by atoms with Crippen LogP contribution in [0.15, 0.2) is 24.3 Å². The van der Waals surface area contributed by atoms with Gasteiger partial charge in [-0.3, -0.25) is 4.79 Å². The molecule has 1 aromatic rings. The lowest BCUT2D eigenvalue weighted by molar-refractivity contribution is -0.155. The van der Waals surface area contributed by atoms with Gasteiger partial charge in [-0.1, -0.05) is 12.1 Å². The van der Waals surface area contributed by atoms with E-state index in [4.69, 9.17) is 9.84 Å². The maximum absolute atomic E-state index is 12.0. The average molecular weight is 279 g/mol. The summed E-state index contributed by atoms with van der Waals surface area (Å²) in [7, 11) is 3.12. The summed E-state index contributed by atoms with van der Waals surface area (Å²) in [6.45, 7) is 3.03. The minimum absolute atomic E-state index is 0.187. The number of rotatable bonds is 6. The molecule has 1 amide bonds. The predicted molar refractivity (Wildman–Crippen MR) is 75.8 cm³/mol. The number of carbonyl (C=O) groups excluding carboxylic acids is 1. The number of benzene rings is 1. The van der Waals surface area contributed by atoms with Crippen LogP contribution < -0.4 is 4.74 Å². The van der Waals surface area contributed by atoms with Gasteiger partial charge in [0.2, 0.25) is 5.91 Å². The number of nitrogens with zero attached hydrogens (tertiary/aromatic N) is 1. The molecule has 1 aromatic carbocycles. The molecule has 0 aliphatic heterocycles. The topological polar surface area (TPSA) is 66.8 Å². The minimum atomic E-state index is -1.20. The fourth-order valence-corrected chi connectivity index (χ4v) is 1.67. The predicted octanol–water partition coefficient (Wildman–Crippen LogP) is 1.95. The second-order valence-electron chi connectivity index (χ2n) is 5.16. The van der Waals surface area contributed by atoms with E-state index in [1.54, 1.807) is 7.11 Å². The van der Waals surface area contributed by atoms with Crippen LogP contribution in [-0.4, -0.2) is 41.6 Å². The van der Waals surface area contributed by atoms with Crippen molar-refractivity contribution in [2.75, 3.05) is 14.2 Å². The van der Waals surface area contributed by atoms with Crippen molar-refractivity contribution in [3.63, 3.8) is 0 Å². The van der Waals surface area contributed by atoms with Gasteiger partial charge < -0.3 is 14.7 Å². The van der Waals surface area contributed by atoms with E-state index in [2.05, 4.69) is 0 Å². The fourth-order valence-electron chi connectivity index (χ4n) is 1.67. The normalized spacial score (nSPS) is 11.0. The van der Waals surface area contributed by atoms with Gasteiger partial charge in [-0.2, -0.15) is 0 Å². The Bertz CT molecular complexity index is 479. The van der Waals surface area contributed by atoms with Gasteiger partial charge >= 0.3 is 5.97 Å². The first-order chi connectivity index (χ1) is 9.28. The Balaban J connectivity index is 2.60. The summed E-state index contributed by atoms with van der Waals surface area (Å²) in [5.74, 6) is -0.435. The number of carboxylic acid groups (broad SMARTS) is 1. The van der Waals surface area contributed by atoms with Crippen LogP contribution in [0.3, 0.4) is 0 Å². The monoisotopic (exact) mass is 279 g/mol. The zero-order valence-electron chi connectivity index (χ0n) is 12.3. The van der Waals surface area contributed by atoms with Crippen LogP contribution in [0.4, 0.5) is 0 Å². The van der Waals surface area contributed by atoms with Gasteiger partial charge in [0.1, 0.15) is 11.3 Å². The molecule has 0 saturated heterocycles. The van der Waals surface area contributed by atoms with Crippen LogP contribution in [0.2, 0.25) is 0 Å². The first-order valence-electron chi connectivity index (χ1n) is 6.42. The molecular weight excluding hydrogens is 258 g/mol. The lowest BCUT2D eigenvalue weighted by Crippen LogP contribution is -2.50. The number of aryl methyl sites for hydroxylation is 1. The molecule has 0 aliphatic carbocycles. The van der Waals surface area contributed by atoms with E-state index in [9.17, 15) is 9.59 Å². The average Bonchev–Trinajstić information content (AvgIpc) is 2.44. The molecule has 0 aromatic heterocycles. The van der Waals surface area contributed by atoms with Crippen LogP contribution in [0.25, 0.3) is 0 Å². The smallest absolute Gasteiger partial charge is 0.329 e. The largest absolute Gasteiger partial charge is 0.497 e. The van der Waals surface area contributed by atoms with Gasteiger partial charge in [0.25, 0.3) is 0 Å². The SMILES string of the molecule is COc1ccc(CCC(=O)N(C)C(C)(C)C(=O)O)cc1. The lowest BCUT2D eigenvalue weighted by Gasteiger charge is -2.31. The van der Waals surface area contributed by atoms with Crippen LogP contribution in [0.1, 0.15) is 25.8 Å². The molecule has 0 heterocycles. The highest BCUT2D eigenvalue weighted by atomic mass is 16.5. The number of methoxy groups -OCH3 is 1. The molecule has 110 valence electrons. The summed E-state index contributed by atoms with van der Waals surface area (Å²) in [5.41, 5.74) is -0.183. The lowest BCUT2D eigenvalue weighted by atomic mass is 10.0. The highest BCUT2D eigenvalue weighted by molar-refractivity contribution is 5.86. The van der Waals surface area contributed by atoms with Gasteiger partial charge in [-0.25, -0.2) is 4.79 Å². The zero-order chi connectivity index (χ0) is 15.3. The van der Waals surface area contributed by atoms with Gasteiger partial charge in [-0.15, -0.1) is 0 Å². The Morgan fingerprint density at radius 2 is 1.80 bits per heavy atom. The van der Waals surface area contributed by atoms with E-state index in [-0.39, 0.29) is 12.3 Å². The van der Waals surface area contributed by atoms with Crippen molar-refractivity contribution in [1.29, 1.82) is 0 Å². The molecule has 0 atom stereocenters. The Kier molecular flexibility index (Phi) is 5.13. The highest BCUT2D eigenvalue weighted by Gasteiger charge is 2.34. The summed E-state index contributed by atoms with van der Waals surface area (Å²) < 4.78 is 5.06. The molecule has 0 fully saturated rings. The summed E-state index contributed by atoms with van der Waals surface area (Å²) in [6.07, 6.45) is 0.850. The summed E-state index contributed by atoms with van der Waals surface area (Å²) in [6, 6.07) is 7.47. The molecule has 5 heteroatoms. The van der Waals surface area contributed by atoms with E-state index >= 15 is 0 Å². The summed E-state index contributed by atoms with van der Waals surface area (Å²) >= 11 is 0. The van der Waals surface area contributed by atoms with Crippen LogP contribution >= 0.6 is 0 Å². The number of hydrogen-bond donors (Lipinski definition) is 1. The first-order valence-corrected chi connectivity index (χ1v) is 6.42. The Labute approximate surface area is 119 Å². The molecule has 20 heavy (non-hydrogen) atoms. The van der Waals surface area contributed by atoms with Crippen molar-refractivity contribution in [1.82, 2.24) is 4.90 Å². The first kappa shape index (κ1) is 16.0. The molecule has 0 radical (unpaired) electrons. The maximum Gasteiger partial charge on any atom is 0.329 e. The van der Waals surface area contributed by atoms with E-state index in [1.165, 1.54) is 25.8 Å². The number of carboxylic acids is 1. The summed E-state index contributed by atoms with van der Waals surface area (Å²) in [4.78, 5) is 24.4. The van der Waals surface area contributed by atoms with Crippen molar-refractivity contribution in [3.8, 4) is 5.75 Å². The molecule has 0 saturated carbocycles. The van der Waals surface area contributed by atoms with Crippen LogP contribution in [-0.2, 0) is 16.0 Å². The van der Waals surface area contributed by atoms with Crippen LogP contribution in [0, 0.1) is 0 Å². The number of aliphatic carboxylic acids is 1. The molecule has 5 nitrogen and oxygen atoms in total. The van der Waals surface area contributed by atoms with E-state index in [0.717, 1.165) is 11.3 Å². The number of amides is 1. The van der Waals surface area contributed by atoms with Crippen molar-refractivity contribution in [3.05, 3.63) is 29.8 Å². The molecule has 0 aliphatic rings. The molecule has 0 bridgehead atoms. The minimum Gasteiger partial charge on any atom is -0.497 e. The van der Waals surface area contributed by atoms with Crippen molar-refractivity contribution in [2.24, 2.45) is 0 Å². The number of carbonyl (C=O) groups is 2. The molecule has 0 unspecified atom stereocenters. The van der Waals surface area contributed by atoms with E-state index in [1.807, 2.05) is 24.3 Å². The van der Waals surface area contributed by atoms with E-state index < -0.39 is 11.5 Å². The second kappa shape index (κ2) is 6.41. The van der Waals surface area contributed by atoms with Gasteiger partial charge in [0.05, 0.1) is 7.11 Å². The third-order valence-electron chi connectivity index (χ3n) is 3.52. The number of likely N-dealkylation sites (N-methyl/N-ethyl adjacent to an activating group) is 1. The Morgan fingerprint density at radius 3 is 2.25 bits per heavy atom. The Morgan fingerprint density at radius 1 is 1.25 bits per heavy atom.